The second-order valence-corrected chi connectivity index (χ2v) is 4.86. The molecule has 0 atom stereocenters. The Hall–Kier alpha value is -1.88. The number of hydrogen-bond donors (Lipinski definition) is 2. The summed E-state index contributed by atoms with van der Waals surface area (Å²) in [5.74, 6) is 0. The van der Waals surface area contributed by atoms with Crippen LogP contribution in [0, 0.1) is 0 Å². The minimum Gasteiger partial charge on any atom is -0.366 e. The number of alkyl halides is 3. The average molecular weight is 299 g/mol. The fourth-order valence-electron chi connectivity index (χ4n) is 2.29. The molecule has 6 heteroatoms. The molecule has 3 rings (SSSR count). The molecule has 0 radical (unpaired) electrons. The minimum atomic E-state index is -4.44. The first kappa shape index (κ1) is 13.1. The van der Waals surface area contributed by atoms with Gasteiger partial charge in [0.2, 0.25) is 0 Å². The van der Waals surface area contributed by atoms with E-state index in [0.717, 1.165) is 17.4 Å². The molecule has 0 unspecified atom stereocenters. The van der Waals surface area contributed by atoms with Crippen molar-refractivity contribution in [1.82, 2.24) is 0 Å². The zero-order valence-electron chi connectivity index (χ0n) is 10.2. The second kappa shape index (κ2) is 4.59. The van der Waals surface area contributed by atoms with Gasteiger partial charge < -0.3 is 10.6 Å². The molecule has 0 saturated carbocycles. The van der Waals surface area contributed by atoms with E-state index in [1.807, 2.05) is 0 Å². The molecule has 0 amide bonds. The van der Waals surface area contributed by atoms with Gasteiger partial charge in [-0.15, -0.1) is 0 Å². The molecule has 1 aliphatic heterocycles. The smallest absolute Gasteiger partial charge is 0.366 e. The van der Waals surface area contributed by atoms with Gasteiger partial charge in [0, 0.05) is 10.6 Å². The van der Waals surface area contributed by atoms with E-state index in [1.54, 1.807) is 18.2 Å². The van der Waals surface area contributed by atoms with Gasteiger partial charge in [-0.1, -0.05) is 23.7 Å². The third kappa shape index (κ3) is 2.18. The Labute approximate surface area is 118 Å². The van der Waals surface area contributed by atoms with Crippen molar-refractivity contribution in [3.63, 3.8) is 0 Å². The summed E-state index contributed by atoms with van der Waals surface area (Å²) in [5.41, 5.74) is 1.37. The lowest BCUT2D eigenvalue weighted by Crippen LogP contribution is -2.07. The number of nitrogens with one attached hydrogen (secondary N) is 2. The minimum absolute atomic E-state index is 0.0122. The van der Waals surface area contributed by atoms with Crippen molar-refractivity contribution in [3.05, 3.63) is 47.0 Å². The van der Waals surface area contributed by atoms with E-state index < -0.39 is 11.7 Å². The first-order valence-corrected chi connectivity index (χ1v) is 6.32. The van der Waals surface area contributed by atoms with Crippen molar-refractivity contribution in [2.45, 2.75) is 6.18 Å². The molecule has 0 aliphatic carbocycles. The summed E-state index contributed by atoms with van der Waals surface area (Å²) in [5, 5.41) is 6.21. The first-order valence-electron chi connectivity index (χ1n) is 5.95. The van der Waals surface area contributed by atoms with Gasteiger partial charge in [-0.3, -0.25) is 0 Å². The van der Waals surface area contributed by atoms with Crippen molar-refractivity contribution in [1.29, 1.82) is 0 Å². The third-order valence-corrected chi connectivity index (χ3v) is 3.50. The number of benzene rings is 2. The number of hydrogen-bond acceptors (Lipinski definition) is 2. The third-order valence-electron chi connectivity index (χ3n) is 3.18. The van der Waals surface area contributed by atoms with Gasteiger partial charge in [0.05, 0.1) is 23.6 Å². The van der Waals surface area contributed by atoms with Crippen LogP contribution in [0.3, 0.4) is 0 Å². The van der Waals surface area contributed by atoms with Crippen LogP contribution in [0.4, 0.5) is 24.5 Å². The molecule has 1 aliphatic rings. The number of anilines is 2. The SMILES string of the molecule is FC(F)(F)c1cccc(Cl)c1-c1ccc2c(c1)NCN2. The van der Waals surface area contributed by atoms with Crippen LogP contribution in [0.5, 0.6) is 0 Å². The van der Waals surface area contributed by atoms with Crippen LogP contribution in [0.15, 0.2) is 36.4 Å². The van der Waals surface area contributed by atoms with Crippen LogP contribution in [0.1, 0.15) is 5.56 Å². The summed E-state index contributed by atoms with van der Waals surface area (Å²) in [6.07, 6.45) is -4.44. The maximum atomic E-state index is 13.1. The molecular weight excluding hydrogens is 289 g/mol. The monoisotopic (exact) mass is 298 g/mol. The van der Waals surface area contributed by atoms with E-state index >= 15 is 0 Å². The molecule has 2 N–H and O–H groups in total. The lowest BCUT2D eigenvalue weighted by atomic mass is 9.98. The van der Waals surface area contributed by atoms with Crippen molar-refractivity contribution >= 4 is 23.0 Å². The molecule has 2 aromatic rings. The zero-order chi connectivity index (χ0) is 14.3. The zero-order valence-corrected chi connectivity index (χ0v) is 10.9. The van der Waals surface area contributed by atoms with Gasteiger partial charge >= 0.3 is 6.18 Å². The Morgan fingerprint density at radius 3 is 2.50 bits per heavy atom. The molecule has 104 valence electrons. The normalized spacial score (nSPS) is 13.6. The summed E-state index contributed by atoms with van der Waals surface area (Å²) in [6, 6.07) is 8.86. The molecular formula is C14H10ClF3N2. The van der Waals surface area contributed by atoms with Gasteiger partial charge in [0.1, 0.15) is 0 Å². The lowest BCUT2D eigenvalue weighted by molar-refractivity contribution is -0.137. The van der Waals surface area contributed by atoms with E-state index in [9.17, 15) is 13.2 Å². The summed E-state index contributed by atoms with van der Waals surface area (Å²) in [4.78, 5) is 0. The molecule has 20 heavy (non-hydrogen) atoms. The van der Waals surface area contributed by atoms with Crippen LogP contribution < -0.4 is 10.6 Å². The predicted molar refractivity (Wildman–Crippen MR) is 74.0 cm³/mol. The molecule has 0 saturated heterocycles. The molecule has 0 aromatic heterocycles. The van der Waals surface area contributed by atoms with Gasteiger partial charge in [0.15, 0.2) is 0 Å². The van der Waals surface area contributed by atoms with Crippen molar-refractivity contribution in [2.75, 3.05) is 17.3 Å². The molecule has 0 spiro atoms. The fourth-order valence-corrected chi connectivity index (χ4v) is 2.57. The topological polar surface area (TPSA) is 24.1 Å². The molecule has 2 aromatic carbocycles. The van der Waals surface area contributed by atoms with E-state index in [-0.39, 0.29) is 10.6 Å². The second-order valence-electron chi connectivity index (χ2n) is 4.45. The summed E-state index contributed by atoms with van der Waals surface area (Å²) >= 11 is 5.98. The standard InChI is InChI=1S/C14H10ClF3N2/c15-10-3-1-2-9(14(16,17)18)13(10)8-4-5-11-12(6-8)20-7-19-11/h1-6,19-20H,7H2. The quantitative estimate of drug-likeness (QED) is 0.788. The Bertz CT molecular complexity index is 668. The molecule has 1 heterocycles. The number of halogens is 4. The van der Waals surface area contributed by atoms with Crippen molar-refractivity contribution in [2.24, 2.45) is 0 Å². The van der Waals surface area contributed by atoms with Gasteiger partial charge in [-0.05, 0) is 29.8 Å². The van der Waals surface area contributed by atoms with Gasteiger partial charge in [-0.25, -0.2) is 0 Å². The van der Waals surface area contributed by atoms with Gasteiger partial charge in [0.25, 0.3) is 0 Å². The van der Waals surface area contributed by atoms with Crippen LogP contribution in [-0.2, 0) is 6.18 Å². The van der Waals surface area contributed by atoms with Gasteiger partial charge in [-0.2, -0.15) is 13.2 Å². The van der Waals surface area contributed by atoms with E-state index in [2.05, 4.69) is 10.6 Å². The van der Waals surface area contributed by atoms with Crippen LogP contribution >= 0.6 is 11.6 Å². The van der Waals surface area contributed by atoms with Crippen LogP contribution in [-0.4, -0.2) is 6.67 Å². The maximum absolute atomic E-state index is 13.1. The number of rotatable bonds is 1. The number of fused-ring (bicyclic) bond motifs is 1. The molecule has 2 nitrogen and oxygen atoms in total. The highest BCUT2D eigenvalue weighted by Crippen LogP contribution is 2.42. The Morgan fingerprint density at radius 1 is 1.00 bits per heavy atom. The summed E-state index contributed by atoms with van der Waals surface area (Å²) in [7, 11) is 0. The van der Waals surface area contributed by atoms with E-state index in [1.165, 1.54) is 12.1 Å². The Kier molecular flexibility index (Phi) is 3.01. The Morgan fingerprint density at radius 2 is 1.75 bits per heavy atom. The van der Waals surface area contributed by atoms with Crippen molar-refractivity contribution < 1.29 is 13.2 Å². The average Bonchev–Trinajstić information content (AvgIpc) is 2.84. The highest BCUT2D eigenvalue weighted by molar-refractivity contribution is 6.33. The van der Waals surface area contributed by atoms with E-state index in [0.29, 0.717) is 12.2 Å². The molecule has 0 bridgehead atoms. The predicted octanol–water partition coefficient (Wildman–Crippen LogP) is 4.82. The highest BCUT2D eigenvalue weighted by atomic mass is 35.5. The van der Waals surface area contributed by atoms with E-state index in [4.69, 9.17) is 11.6 Å². The fraction of sp³-hybridized carbons (Fsp3) is 0.143. The van der Waals surface area contributed by atoms with Crippen LogP contribution in [0.25, 0.3) is 11.1 Å². The molecule has 0 fully saturated rings. The first-order chi connectivity index (χ1) is 9.47. The Balaban J connectivity index is 2.19. The summed E-state index contributed by atoms with van der Waals surface area (Å²) in [6.45, 7) is 0.563. The van der Waals surface area contributed by atoms with Crippen molar-refractivity contribution in [3.8, 4) is 11.1 Å². The largest absolute Gasteiger partial charge is 0.417 e. The highest BCUT2D eigenvalue weighted by Gasteiger charge is 2.34. The lowest BCUT2D eigenvalue weighted by Gasteiger charge is -2.15. The summed E-state index contributed by atoms with van der Waals surface area (Å²) < 4.78 is 39.3. The maximum Gasteiger partial charge on any atom is 0.417 e. The van der Waals surface area contributed by atoms with Crippen LogP contribution in [0.2, 0.25) is 5.02 Å².